The average Bonchev–Trinajstić information content (AvgIpc) is 3.35. The fourth-order valence-corrected chi connectivity index (χ4v) is 6.89. The minimum atomic E-state index is -2.64. The van der Waals surface area contributed by atoms with Crippen LogP contribution in [-0.4, -0.2) is 82.6 Å². The fraction of sp³-hybridized carbons (Fsp3) is 0.464. The summed E-state index contributed by atoms with van der Waals surface area (Å²) in [6.45, 7) is 0. The number of nitrogens with two attached hydrogens (primary N) is 1. The van der Waals surface area contributed by atoms with Gasteiger partial charge in [-0.2, -0.15) is 0 Å². The van der Waals surface area contributed by atoms with Gasteiger partial charge in [-0.25, -0.2) is 0 Å². The number of fused-ring (bicyclic) bond motifs is 3. The third kappa shape index (κ3) is 3.36. The number of nitrogens with zero attached hydrogens (tertiary/aromatic N) is 2. The molecule has 1 amide bonds. The molecular weight excluding hydrogens is 490 g/mol. The van der Waals surface area contributed by atoms with Gasteiger partial charge in [-0.1, -0.05) is 12.2 Å². The summed E-state index contributed by atoms with van der Waals surface area (Å²) in [5, 5.41) is 45.7. The predicted molar refractivity (Wildman–Crippen MR) is 140 cm³/mol. The maximum atomic E-state index is 14.0. The smallest absolute Gasteiger partial charge is 0.255 e. The lowest BCUT2D eigenvalue weighted by atomic mass is 9.57. The number of Topliss-reactive ketones (excluding diaryl/α,β-unsaturated/α-hetero) is 2. The molecular formula is C28H33N3O7. The van der Waals surface area contributed by atoms with Crippen molar-refractivity contribution in [3.63, 3.8) is 0 Å². The quantitative estimate of drug-likeness (QED) is 0.290. The van der Waals surface area contributed by atoms with Crippen LogP contribution in [0.2, 0.25) is 0 Å². The molecule has 5 atom stereocenters. The van der Waals surface area contributed by atoms with Crippen LogP contribution >= 0.6 is 0 Å². The van der Waals surface area contributed by atoms with Crippen LogP contribution in [0.15, 0.2) is 35.1 Å². The first-order valence-corrected chi connectivity index (χ1v) is 12.7. The van der Waals surface area contributed by atoms with Gasteiger partial charge >= 0.3 is 0 Å². The Labute approximate surface area is 220 Å². The number of anilines is 1. The highest BCUT2D eigenvalue weighted by Crippen LogP contribution is 2.54. The van der Waals surface area contributed by atoms with Crippen LogP contribution in [0.1, 0.15) is 41.9 Å². The number of likely N-dealkylation sites (N-methyl/N-ethyl adjacent to an activating group) is 1. The largest absolute Gasteiger partial charge is 0.508 e. The third-order valence-electron chi connectivity index (χ3n) is 8.62. The van der Waals surface area contributed by atoms with Gasteiger partial charge in [0.1, 0.15) is 22.8 Å². The molecule has 0 aromatic heterocycles. The Bertz CT molecular complexity index is 1370. The Kier molecular flexibility index (Phi) is 5.96. The number of aliphatic hydroxyl groups excluding tert-OH is 2. The topological polar surface area (TPSA) is 165 Å². The van der Waals surface area contributed by atoms with Gasteiger partial charge in [-0.3, -0.25) is 19.3 Å². The second-order valence-corrected chi connectivity index (χ2v) is 11.2. The molecule has 38 heavy (non-hydrogen) atoms. The summed E-state index contributed by atoms with van der Waals surface area (Å²) >= 11 is 0. The van der Waals surface area contributed by atoms with Gasteiger partial charge in [-0.05, 0) is 57.3 Å². The van der Waals surface area contributed by atoms with Crippen LogP contribution in [0, 0.1) is 11.8 Å². The molecule has 0 spiro atoms. The van der Waals surface area contributed by atoms with Crippen LogP contribution in [-0.2, 0) is 20.8 Å². The molecule has 1 aromatic carbocycles. The molecule has 202 valence electrons. The van der Waals surface area contributed by atoms with E-state index in [2.05, 4.69) is 0 Å². The highest BCUT2D eigenvalue weighted by molar-refractivity contribution is 6.24. The van der Waals surface area contributed by atoms with Gasteiger partial charge in [0.05, 0.1) is 11.6 Å². The van der Waals surface area contributed by atoms with Gasteiger partial charge in [0.2, 0.25) is 5.78 Å². The van der Waals surface area contributed by atoms with E-state index in [1.165, 1.54) is 4.90 Å². The van der Waals surface area contributed by atoms with Crippen molar-refractivity contribution in [3.05, 3.63) is 51.8 Å². The molecule has 1 unspecified atom stereocenters. The standard InChI is InChI=1S/C28H33N3O7/c1-30(2)17-11-14(12-7-5-6-8-12)22(32)19-15(17)9-13-10-16-21(31(3)4)24(34)20(27(29)37)26(36)28(16,38)25(35)18(13)23(19)33/h5,7,11-13,16,21,32-33,36,38H,6,8-10H2,1-4H3,(H2,29,37)/t12?,13-,16-,21-,28-/m1/s1. The van der Waals surface area contributed by atoms with Crippen molar-refractivity contribution in [2.45, 2.75) is 43.2 Å². The summed E-state index contributed by atoms with van der Waals surface area (Å²) < 4.78 is 0. The van der Waals surface area contributed by atoms with Crippen molar-refractivity contribution in [2.75, 3.05) is 33.1 Å². The van der Waals surface area contributed by atoms with Gasteiger partial charge < -0.3 is 31.1 Å². The molecule has 5 rings (SSSR count). The molecule has 4 aliphatic carbocycles. The number of amides is 1. The second-order valence-electron chi connectivity index (χ2n) is 11.2. The highest BCUT2D eigenvalue weighted by Gasteiger charge is 2.64. The number of primary amides is 1. The molecule has 4 aliphatic rings. The summed E-state index contributed by atoms with van der Waals surface area (Å²) in [7, 11) is 6.87. The lowest BCUT2D eigenvalue weighted by Crippen LogP contribution is -2.65. The maximum absolute atomic E-state index is 14.0. The fourth-order valence-electron chi connectivity index (χ4n) is 6.89. The van der Waals surface area contributed by atoms with E-state index in [1.807, 2.05) is 37.2 Å². The number of rotatable bonds is 4. The summed E-state index contributed by atoms with van der Waals surface area (Å²) in [6.07, 6.45) is 6.02. The van der Waals surface area contributed by atoms with Gasteiger partial charge in [0.15, 0.2) is 11.4 Å². The Hall–Kier alpha value is -3.63. The molecule has 10 heteroatoms. The third-order valence-corrected chi connectivity index (χ3v) is 8.62. The van der Waals surface area contributed by atoms with Crippen LogP contribution in [0.4, 0.5) is 5.69 Å². The molecule has 0 saturated heterocycles. The van der Waals surface area contributed by atoms with Crippen LogP contribution in [0.3, 0.4) is 0 Å². The molecule has 0 bridgehead atoms. The maximum Gasteiger partial charge on any atom is 0.255 e. The van der Waals surface area contributed by atoms with Crippen LogP contribution in [0.5, 0.6) is 5.75 Å². The van der Waals surface area contributed by atoms with E-state index >= 15 is 0 Å². The van der Waals surface area contributed by atoms with E-state index in [1.54, 1.807) is 14.1 Å². The minimum absolute atomic E-state index is 0.0551. The monoisotopic (exact) mass is 523 g/mol. The lowest BCUT2D eigenvalue weighted by molar-refractivity contribution is -0.153. The number of benzene rings is 1. The number of ketones is 2. The Morgan fingerprint density at radius 1 is 1.13 bits per heavy atom. The number of hydrogen-bond donors (Lipinski definition) is 5. The van der Waals surface area contributed by atoms with E-state index in [0.29, 0.717) is 11.1 Å². The number of phenols is 1. The van der Waals surface area contributed by atoms with E-state index in [4.69, 9.17) is 5.73 Å². The first kappa shape index (κ1) is 26.0. The SMILES string of the molecule is CN(C)c1cc(C2C=CCC2)c(O)c2c1C[C@@H]1C[C@@H]3[C@@H](N(C)C)C(=O)C(C(N)=O)=C(O)[C@]3(O)C(=O)C1=C2O. The molecule has 0 aliphatic heterocycles. The van der Waals surface area contributed by atoms with Crippen molar-refractivity contribution < 1.29 is 34.8 Å². The van der Waals surface area contributed by atoms with Crippen molar-refractivity contribution in [2.24, 2.45) is 17.6 Å². The Morgan fingerprint density at radius 2 is 1.82 bits per heavy atom. The van der Waals surface area contributed by atoms with Gasteiger partial charge in [0.25, 0.3) is 5.91 Å². The normalized spacial score (nSPS) is 30.5. The zero-order valence-electron chi connectivity index (χ0n) is 21.9. The predicted octanol–water partition coefficient (Wildman–Crippen LogP) is 1.46. The number of allylic oxidation sites excluding steroid dienone is 2. The number of hydrogen-bond acceptors (Lipinski definition) is 9. The van der Waals surface area contributed by atoms with Crippen LogP contribution < -0.4 is 10.6 Å². The number of aromatic hydroxyl groups is 1. The van der Waals surface area contributed by atoms with Crippen molar-refractivity contribution in [3.8, 4) is 5.75 Å². The van der Waals surface area contributed by atoms with Crippen LogP contribution in [0.25, 0.3) is 5.76 Å². The summed E-state index contributed by atoms with van der Waals surface area (Å²) in [4.78, 5) is 42.7. The molecule has 10 nitrogen and oxygen atoms in total. The van der Waals surface area contributed by atoms with Gasteiger partial charge in [0, 0.05) is 42.8 Å². The molecule has 1 aromatic rings. The Morgan fingerprint density at radius 3 is 2.37 bits per heavy atom. The van der Waals surface area contributed by atoms with E-state index in [9.17, 15) is 34.8 Å². The molecule has 6 N–H and O–H groups in total. The lowest BCUT2D eigenvalue weighted by Gasteiger charge is -2.50. The van der Waals surface area contributed by atoms with Crippen molar-refractivity contribution in [1.29, 1.82) is 0 Å². The number of carbonyl (C=O) groups excluding carboxylic acids is 3. The number of carbonyl (C=O) groups is 3. The minimum Gasteiger partial charge on any atom is -0.508 e. The van der Waals surface area contributed by atoms with E-state index < -0.39 is 58.0 Å². The highest BCUT2D eigenvalue weighted by atomic mass is 16.3. The zero-order chi connectivity index (χ0) is 27.8. The summed E-state index contributed by atoms with van der Waals surface area (Å²) in [5.41, 5.74) is 3.97. The number of phenolic OH excluding ortho intramolecular Hbond substituents is 1. The zero-order valence-corrected chi connectivity index (χ0v) is 21.9. The summed E-state index contributed by atoms with van der Waals surface area (Å²) in [5.74, 6) is -6.46. The van der Waals surface area contributed by atoms with E-state index in [0.717, 1.165) is 18.5 Å². The number of aliphatic hydroxyl groups is 3. The Balaban J connectivity index is 1.76. The molecule has 0 heterocycles. The summed E-state index contributed by atoms with van der Waals surface area (Å²) in [6, 6.07) is 0.805. The molecule has 1 fully saturated rings. The van der Waals surface area contributed by atoms with E-state index in [-0.39, 0.29) is 35.6 Å². The molecule has 1 saturated carbocycles. The molecule has 0 radical (unpaired) electrons. The average molecular weight is 524 g/mol. The first-order chi connectivity index (χ1) is 17.8. The van der Waals surface area contributed by atoms with Crippen molar-refractivity contribution in [1.82, 2.24) is 4.90 Å². The second kappa shape index (κ2) is 8.71. The first-order valence-electron chi connectivity index (χ1n) is 12.7. The van der Waals surface area contributed by atoms with Gasteiger partial charge in [-0.15, -0.1) is 0 Å². The van der Waals surface area contributed by atoms with Crippen molar-refractivity contribution >= 4 is 28.9 Å².